The number of nitrogens with one attached hydrogen (secondary N) is 1. The summed E-state index contributed by atoms with van der Waals surface area (Å²) in [4.78, 5) is 11.0. The van der Waals surface area contributed by atoms with Crippen molar-refractivity contribution in [3.05, 3.63) is 18.2 Å². The van der Waals surface area contributed by atoms with E-state index >= 15 is 0 Å². The molecule has 0 saturated heterocycles. The van der Waals surface area contributed by atoms with Crippen molar-refractivity contribution in [1.82, 2.24) is 0 Å². The molecule has 1 aromatic carbocycles. The molecule has 1 aromatic rings. The molecule has 0 spiro atoms. The van der Waals surface area contributed by atoms with E-state index in [0.29, 0.717) is 0 Å². The van der Waals surface area contributed by atoms with Crippen LogP contribution in [0.4, 0.5) is 18.9 Å². The van der Waals surface area contributed by atoms with Gasteiger partial charge in [-0.3, -0.25) is 4.79 Å². The van der Waals surface area contributed by atoms with Gasteiger partial charge in [0.15, 0.2) is 0 Å². The lowest BCUT2D eigenvalue weighted by molar-refractivity contribution is -0.142. The Hall–Kier alpha value is -1.48. The van der Waals surface area contributed by atoms with Crippen molar-refractivity contribution in [2.75, 3.05) is 12.4 Å². The molecule has 0 unspecified atom stereocenters. The molecule has 5 nitrogen and oxygen atoms in total. The third-order valence-electron chi connectivity index (χ3n) is 2.35. The highest BCUT2D eigenvalue weighted by Crippen LogP contribution is 2.30. The van der Waals surface area contributed by atoms with Crippen molar-refractivity contribution >= 4 is 31.3 Å². The third kappa shape index (κ3) is 5.80. The van der Waals surface area contributed by atoms with Gasteiger partial charge in [-0.25, -0.2) is 8.42 Å². The Bertz CT molecular complexity index is 631. The predicted molar refractivity (Wildman–Crippen MR) is 70.0 cm³/mol. The first kappa shape index (κ1) is 17.6. The van der Waals surface area contributed by atoms with E-state index in [-0.39, 0.29) is 16.3 Å². The van der Waals surface area contributed by atoms with Gasteiger partial charge in [0.25, 0.3) is 9.05 Å². The molecule has 0 saturated carbocycles. The number of rotatable bonds is 5. The highest BCUT2D eigenvalue weighted by molar-refractivity contribution is 8.13. The summed E-state index contributed by atoms with van der Waals surface area (Å²) in [5.74, 6) is -0.936. The zero-order valence-corrected chi connectivity index (χ0v) is 12.3. The van der Waals surface area contributed by atoms with Crippen molar-refractivity contribution < 1.29 is 31.1 Å². The maximum atomic E-state index is 12.0. The number of benzene rings is 1. The van der Waals surface area contributed by atoms with Gasteiger partial charge in [0.1, 0.15) is 10.6 Å². The average molecular weight is 346 g/mol. The van der Waals surface area contributed by atoms with Crippen molar-refractivity contribution in [2.45, 2.75) is 23.9 Å². The Morgan fingerprint density at radius 2 is 2.00 bits per heavy atom. The number of methoxy groups -OCH3 is 1. The number of carbonyl (C=O) groups excluding carboxylic acids is 1. The maximum absolute atomic E-state index is 12.0. The van der Waals surface area contributed by atoms with E-state index < -0.39 is 34.0 Å². The van der Waals surface area contributed by atoms with E-state index in [1.54, 1.807) is 0 Å². The van der Waals surface area contributed by atoms with Crippen molar-refractivity contribution in [3.63, 3.8) is 0 Å². The molecule has 1 rings (SSSR count). The second-order valence-corrected chi connectivity index (χ2v) is 6.50. The Morgan fingerprint density at radius 1 is 1.38 bits per heavy atom. The van der Waals surface area contributed by atoms with Crippen molar-refractivity contribution in [1.29, 1.82) is 0 Å². The molecule has 118 valence electrons. The van der Waals surface area contributed by atoms with Crippen LogP contribution in [0.5, 0.6) is 5.75 Å². The zero-order valence-electron chi connectivity index (χ0n) is 10.7. The van der Waals surface area contributed by atoms with Gasteiger partial charge in [-0.15, -0.1) is 0 Å². The molecular formula is C11H11ClF3NO4S. The number of ether oxygens (including phenoxy) is 1. The maximum Gasteiger partial charge on any atom is 0.389 e. The van der Waals surface area contributed by atoms with Crippen molar-refractivity contribution in [3.8, 4) is 5.75 Å². The van der Waals surface area contributed by atoms with Crippen LogP contribution in [0, 0.1) is 0 Å². The van der Waals surface area contributed by atoms with Gasteiger partial charge < -0.3 is 10.1 Å². The molecule has 0 aliphatic heterocycles. The third-order valence-corrected chi connectivity index (χ3v) is 3.69. The first-order valence-electron chi connectivity index (χ1n) is 5.52. The van der Waals surface area contributed by atoms with Crippen LogP contribution in [0.3, 0.4) is 0 Å². The van der Waals surface area contributed by atoms with Crippen LogP contribution in [-0.2, 0) is 13.8 Å². The molecule has 21 heavy (non-hydrogen) atoms. The standard InChI is InChI=1S/C11H11ClF3NO4S/c1-20-8-3-2-7(6-9(8)21(12,18)19)16-10(17)4-5-11(13,14)15/h2-3,6H,4-5H2,1H3,(H,16,17). The monoisotopic (exact) mass is 345 g/mol. The van der Waals surface area contributed by atoms with E-state index in [4.69, 9.17) is 15.4 Å². The van der Waals surface area contributed by atoms with E-state index in [1.165, 1.54) is 19.2 Å². The Labute approximate surface area is 123 Å². The molecule has 0 heterocycles. The topological polar surface area (TPSA) is 72.5 Å². The minimum Gasteiger partial charge on any atom is -0.495 e. The van der Waals surface area contributed by atoms with E-state index in [0.717, 1.165) is 6.07 Å². The number of anilines is 1. The van der Waals surface area contributed by atoms with Crippen LogP contribution in [0.2, 0.25) is 0 Å². The highest BCUT2D eigenvalue weighted by atomic mass is 35.7. The summed E-state index contributed by atoms with van der Waals surface area (Å²) in [6.07, 6.45) is -6.48. The SMILES string of the molecule is COc1ccc(NC(=O)CCC(F)(F)F)cc1S(=O)(=O)Cl. The second kappa shape index (κ2) is 6.52. The van der Waals surface area contributed by atoms with Gasteiger partial charge in [-0.05, 0) is 18.2 Å². The quantitative estimate of drug-likeness (QED) is 0.833. The minimum atomic E-state index is -4.44. The van der Waals surface area contributed by atoms with Crippen LogP contribution in [0.15, 0.2) is 23.1 Å². The first-order chi connectivity index (χ1) is 9.53. The van der Waals surface area contributed by atoms with Crippen LogP contribution in [-0.4, -0.2) is 27.6 Å². The normalized spacial score (nSPS) is 12.0. The first-order valence-corrected chi connectivity index (χ1v) is 7.83. The minimum absolute atomic E-state index is 0.00204. The molecule has 0 fully saturated rings. The average Bonchev–Trinajstić information content (AvgIpc) is 2.34. The molecule has 1 N–H and O–H groups in total. The molecule has 0 aliphatic carbocycles. The Kier molecular flexibility index (Phi) is 5.46. The largest absolute Gasteiger partial charge is 0.495 e. The summed E-state index contributed by atoms with van der Waals surface area (Å²) < 4.78 is 63.4. The van der Waals surface area contributed by atoms with Gasteiger partial charge in [-0.1, -0.05) is 0 Å². The smallest absolute Gasteiger partial charge is 0.389 e. The van der Waals surface area contributed by atoms with Gasteiger partial charge in [-0.2, -0.15) is 13.2 Å². The lowest BCUT2D eigenvalue weighted by Crippen LogP contribution is -2.16. The second-order valence-electron chi connectivity index (χ2n) is 3.97. The Morgan fingerprint density at radius 3 is 2.48 bits per heavy atom. The lowest BCUT2D eigenvalue weighted by atomic mass is 10.2. The van der Waals surface area contributed by atoms with Gasteiger partial charge in [0.2, 0.25) is 5.91 Å². The molecule has 0 aromatic heterocycles. The number of amides is 1. The van der Waals surface area contributed by atoms with E-state index in [1.807, 2.05) is 0 Å². The van der Waals surface area contributed by atoms with E-state index in [2.05, 4.69) is 5.32 Å². The number of hydrogen-bond acceptors (Lipinski definition) is 4. The molecule has 0 radical (unpaired) electrons. The summed E-state index contributed by atoms with van der Waals surface area (Å²) in [6.45, 7) is 0. The van der Waals surface area contributed by atoms with E-state index in [9.17, 15) is 26.4 Å². The molecular weight excluding hydrogens is 335 g/mol. The summed E-state index contributed by atoms with van der Waals surface area (Å²) in [6, 6.07) is 3.52. The molecule has 1 amide bonds. The summed E-state index contributed by atoms with van der Waals surface area (Å²) in [7, 11) is 2.30. The predicted octanol–water partition coefficient (Wildman–Crippen LogP) is 2.90. The molecule has 0 bridgehead atoms. The Balaban J connectivity index is 2.88. The van der Waals surface area contributed by atoms with Crippen LogP contribution in [0.25, 0.3) is 0 Å². The highest BCUT2D eigenvalue weighted by Gasteiger charge is 2.28. The number of hydrogen-bond donors (Lipinski definition) is 1. The summed E-state index contributed by atoms with van der Waals surface area (Å²) in [5.41, 5.74) is 0.00204. The number of carbonyl (C=O) groups is 1. The molecule has 0 atom stereocenters. The number of halogens is 4. The summed E-state index contributed by atoms with van der Waals surface area (Å²) >= 11 is 0. The fourth-order valence-electron chi connectivity index (χ4n) is 1.42. The van der Waals surface area contributed by atoms with Crippen LogP contribution in [0.1, 0.15) is 12.8 Å². The molecule has 10 heteroatoms. The molecule has 0 aliphatic rings. The van der Waals surface area contributed by atoms with Crippen LogP contribution >= 0.6 is 10.7 Å². The lowest BCUT2D eigenvalue weighted by Gasteiger charge is -2.10. The fraction of sp³-hybridized carbons (Fsp3) is 0.364. The van der Waals surface area contributed by atoms with Crippen LogP contribution < -0.4 is 10.1 Å². The van der Waals surface area contributed by atoms with Gasteiger partial charge in [0, 0.05) is 22.8 Å². The van der Waals surface area contributed by atoms with Crippen molar-refractivity contribution in [2.24, 2.45) is 0 Å². The zero-order chi connectivity index (χ0) is 16.3. The van der Waals surface area contributed by atoms with Gasteiger partial charge in [0.05, 0.1) is 13.5 Å². The fourth-order valence-corrected chi connectivity index (χ4v) is 2.44. The summed E-state index contributed by atoms with van der Waals surface area (Å²) in [5, 5.41) is 2.16. The van der Waals surface area contributed by atoms with Gasteiger partial charge >= 0.3 is 6.18 Å². The number of alkyl halides is 3.